The molecule has 4 aliphatic rings. The summed E-state index contributed by atoms with van der Waals surface area (Å²) >= 11 is 0. The number of rotatable bonds is 15. The van der Waals surface area contributed by atoms with Crippen LogP contribution < -0.4 is 21.3 Å². The molecule has 4 heterocycles. The second kappa shape index (κ2) is 21.4. The Hall–Kier alpha value is -2.76. The number of aliphatic hydroxyl groups excluding tert-OH is 9. The van der Waals surface area contributed by atoms with Gasteiger partial charge in [0.2, 0.25) is 23.6 Å². The molecule has 0 radical (unpaired) electrons. The monoisotopic (exact) mass is 856 g/mol. The standard InChI is InChI=1S/C35H60N4O20/c1-11(2)29-20(36-12(3)44)26(50)30(17(8-41)53-29)57-34-22(38-14(5)46)28(52)32(19(10-43)55-34)59-35-23(39-15(6)47)27(51)31(18(9-42)56-35)58-33-21(37-13(4)45)25(49)24(48)16(7-40)54-33/h11,16-35,40-43,48-52H,7-10H2,1-6H3,(H,36,44)(H,37,45)(H,38,46)(H,39,47). The fraction of sp³-hybridized carbons (Fsp3) is 0.886. The third-order valence-electron chi connectivity index (χ3n) is 10.5. The van der Waals surface area contributed by atoms with Gasteiger partial charge in [0.15, 0.2) is 18.9 Å². The third kappa shape index (κ3) is 11.4. The molecule has 59 heavy (non-hydrogen) atoms. The molecule has 0 bridgehead atoms. The minimum absolute atomic E-state index is 0.246. The van der Waals surface area contributed by atoms with Crippen LogP contribution in [0.4, 0.5) is 0 Å². The zero-order valence-electron chi connectivity index (χ0n) is 33.5. The van der Waals surface area contributed by atoms with Crippen LogP contribution in [0.2, 0.25) is 0 Å². The summed E-state index contributed by atoms with van der Waals surface area (Å²) in [5.74, 6) is -2.85. The molecule has 0 aliphatic carbocycles. The Morgan fingerprint density at radius 3 is 1.07 bits per heavy atom. The van der Waals surface area contributed by atoms with Crippen molar-refractivity contribution in [2.75, 3.05) is 26.4 Å². The van der Waals surface area contributed by atoms with Crippen molar-refractivity contribution in [3.63, 3.8) is 0 Å². The summed E-state index contributed by atoms with van der Waals surface area (Å²) in [5, 5.41) is 107. The molecule has 4 rings (SSSR count). The molecule has 0 aromatic heterocycles. The van der Waals surface area contributed by atoms with E-state index >= 15 is 0 Å². The van der Waals surface area contributed by atoms with E-state index in [1.54, 1.807) is 13.8 Å². The maximum atomic E-state index is 12.5. The molecule has 24 nitrogen and oxygen atoms in total. The van der Waals surface area contributed by atoms with Crippen molar-refractivity contribution >= 4 is 23.6 Å². The van der Waals surface area contributed by atoms with Crippen molar-refractivity contribution in [1.82, 2.24) is 21.3 Å². The zero-order chi connectivity index (χ0) is 44.0. The van der Waals surface area contributed by atoms with Gasteiger partial charge in [-0.05, 0) is 5.92 Å². The van der Waals surface area contributed by atoms with Crippen LogP contribution in [0.1, 0.15) is 41.5 Å². The van der Waals surface area contributed by atoms with Crippen LogP contribution >= 0.6 is 0 Å². The van der Waals surface area contributed by atoms with Crippen LogP contribution in [0.5, 0.6) is 0 Å². The molecule has 0 aromatic rings. The second-order valence-corrected chi connectivity index (χ2v) is 15.4. The van der Waals surface area contributed by atoms with Crippen LogP contribution in [-0.2, 0) is 52.3 Å². The highest BCUT2D eigenvalue weighted by Crippen LogP contribution is 2.35. The lowest BCUT2D eigenvalue weighted by atomic mass is 9.87. The SMILES string of the molecule is CC(=O)NC1C(OC2C(CO)OC(OC3C(CO)OC(OC4C(CO)OC(C(C)C)C(NC(C)=O)C4O)C(NC(C)=O)C3O)C(NC(C)=O)C2O)OC(CO)C(O)C1O. The fourth-order valence-electron chi connectivity index (χ4n) is 7.80. The molecule has 4 saturated heterocycles. The maximum absolute atomic E-state index is 12.5. The smallest absolute Gasteiger partial charge is 0.217 e. The minimum atomic E-state index is -1.86. The average Bonchev–Trinajstić information content (AvgIpc) is 3.16. The van der Waals surface area contributed by atoms with E-state index in [0.717, 1.165) is 20.8 Å². The summed E-state index contributed by atoms with van der Waals surface area (Å²) in [6.07, 6.45) is -24.9. The summed E-state index contributed by atoms with van der Waals surface area (Å²) in [6, 6.07) is -5.62. The first-order chi connectivity index (χ1) is 27.8. The summed E-state index contributed by atoms with van der Waals surface area (Å²) in [6.45, 7) is 4.86. The van der Waals surface area contributed by atoms with Gasteiger partial charge in [-0.1, -0.05) is 13.8 Å². The topological polar surface area (TPSA) is 363 Å². The highest BCUT2D eigenvalue weighted by molar-refractivity contribution is 5.74. The van der Waals surface area contributed by atoms with Gasteiger partial charge in [0.05, 0.1) is 38.6 Å². The normalized spacial score (nSPS) is 42.8. The molecule has 0 spiro atoms. The van der Waals surface area contributed by atoms with Gasteiger partial charge in [-0.15, -0.1) is 0 Å². The molecule has 0 saturated carbocycles. The zero-order valence-corrected chi connectivity index (χ0v) is 33.5. The van der Waals surface area contributed by atoms with E-state index in [1.807, 2.05) is 0 Å². The van der Waals surface area contributed by atoms with Gasteiger partial charge in [0.1, 0.15) is 91.4 Å². The Labute approximate surface area is 339 Å². The van der Waals surface area contributed by atoms with Gasteiger partial charge in [-0.25, -0.2) is 0 Å². The van der Waals surface area contributed by atoms with Crippen LogP contribution in [0, 0.1) is 5.92 Å². The Morgan fingerprint density at radius 1 is 0.458 bits per heavy atom. The Morgan fingerprint density at radius 2 is 0.746 bits per heavy atom. The van der Waals surface area contributed by atoms with Gasteiger partial charge in [0.25, 0.3) is 0 Å². The Balaban J connectivity index is 1.62. The fourth-order valence-corrected chi connectivity index (χ4v) is 7.80. The summed E-state index contributed by atoms with van der Waals surface area (Å²) < 4.78 is 41.7. The first-order valence-electron chi connectivity index (χ1n) is 19.3. The largest absolute Gasteiger partial charge is 0.394 e. The lowest BCUT2D eigenvalue weighted by Crippen LogP contribution is -2.71. The lowest BCUT2D eigenvalue weighted by molar-refractivity contribution is -0.359. The highest BCUT2D eigenvalue weighted by atomic mass is 16.8. The summed E-state index contributed by atoms with van der Waals surface area (Å²) in [7, 11) is 0. The van der Waals surface area contributed by atoms with E-state index in [-0.39, 0.29) is 5.92 Å². The third-order valence-corrected chi connectivity index (χ3v) is 10.5. The predicted octanol–water partition coefficient (Wildman–Crippen LogP) is -7.47. The lowest BCUT2D eigenvalue weighted by Gasteiger charge is -2.51. The number of carbonyl (C=O) groups is 4. The predicted molar refractivity (Wildman–Crippen MR) is 193 cm³/mol. The molecule has 24 heteroatoms. The molecule has 4 amide bonds. The Bertz CT molecular complexity index is 1420. The number of hydrogen-bond donors (Lipinski definition) is 13. The number of aliphatic hydroxyl groups is 9. The first-order valence-corrected chi connectivity index (χ1v) is 19.3. The van der Waals surface area contributed by atoms with E-state index in [0.29, 0.717) is 0 Å². The number of amides is 4. The van der Waals surface area contributed by atoms with Gasteiger partial charge in [0, 0.05) is 27.7 Å². The van der Waals surface area contributed by atoms with Crippen molar-refractivity contribution in [2.24, 2.45) is 5.92 Å². The van der Waals surface area contributed by atoms with Crippen LogP contribution in [-0.4, -0.2) is 218 Å². The first kappa shape index (κ1) is 48.9. The van der Waals surface area contributed by atoms with Crippen molar-refractivity contribution in [3.05, 3.63) is 0 Å². The van der Waals surface area contributed by atoms with Gasteiger partial charge >= 0.3 is 0 Å². The van der Waals surface area contributed by atoms with E-state index in [2.05, 4.69) is 21.3 Å². The van der Waals surface area contributed by atoms with Crippen LogP contribution in [0.25, 0.3) is 0 Å². The molecule has 4 fully saturated rings. The molecular weight excluding hydrogens is 796 g/mol. The van der Waals surface area contributed by atoms with E-state index < -0.39 is 172 Å². The number of nitrogens with one attached hydrogen (secondary N) is 4. The average molecular weight is 857 g/mol. The van der Waals surface area contributed by atoms with E-state index in [4.69, 9.17) is 33.2 Å². The molecule has 20 atom stereocenters. The molecule has 13 N–H and O–H groups in total. The van der Waals surface area contributed by atoms with E-state index in [9.17, 15) is 65.1 Å². The number of ether oxygens (including phenoxy) is 7. The number of hydrogen-bond acceptors (Lipinski definition) is 20. The molecular formula is C35H60N4O20. The molecule has 340 valence electrons. The van der Waals surface area contributed by atoms with Gasteiger partial charge < -0.3 is 100 Å². The Kier molecular flexibility index (Phi) is 17.7. The van der Waals surface area contributed by atoms with Crippen molar-refractivity contribution < 1.29 is 98.3 Å². The van der Waals surface area contributed by atoms with E-state index in [1.165, 1.54) is 6.92 Å². The molecule has 20 unspecified atom stereocenters. The summed E-state index contributed by atoms with van der Waals surface area (Å²) in [4.78, 5) is 49.0. The molecule has 0 aromatic carbocycles. The van der Waals surface area contributed by atoms with Crippen LogP contribution in [0.3, 0.4) is 0 Å². The maximum Gasteiger partial charge on any atom is 0.217 e. The quantitative estimate of drug-likeness (QED) is 0.0727. The van der Waals surface area contributed by atoms with Gasteiger partial charge in [-0.2, -0.15) is 0 Å². The van der Waals surface area contributed by atoms with Crippen molar-refractivity contribution in [1.29, 1.82) is 0 Å². The van der Waals surface area contributed by atoms with Crippen LogP contribution in [0.15, 0.2) is 0 Å². The number of carbonyl (C=O) groups excluding carboxylic acids is 4. The van der Waals surface area contributed by atoms with Crippen molar-refractivity contribution in [2.45, 2.75) is 164 Å². The van der Waals surface area contributed by atoms with Gasteiger partial charge in [-0.3, -0.25) is 19.2 Å². The molecule has 4 aliphatic heterocycles. The highest BCUT2D eigenvalue weighted by Gasteiger charge is 2.56. The second-order valence-electron chi connectivity index (χ2n) is 15.4. The van der Waals surface area contributed by atoms with Crippen molar-refractivity contribution in [3.8, 4) is 0 Å². The minimum Gasteiger partial charge on any atom is -0.394 e. The summed E-state index contributed by atoms with van der Waals surface area (Å²) in [5.41, 5.74) is 0.